The summed E-state index contributed by atoms with van der Waals surface area (Å²) in [4.78, 5) is 0. The van der Waals surface area contributed by atoms with E-state index in [1.165, 1.54) is 11.1 Å². The molecule has 1 aromatic carbocycles. The van der Waals surface area contributed by atoms with E-state index in [0.717, 1.165) is 12.8 Å². The lowest BCUT2D eigenvalue weighted by molar-refractivity contribution is 0.177. The van der Waals surface area contributed by atoms with Gasteiger partial charge in [-0.3, -0.25) is 0 Å². The first-order valence-corrected chi connectivity index (χ1v) is 5.03. The van der Waals surface area contributed by atoms with Gasteiger partial charge >= 0.3 is 0 Å². The van der Waals surface area contributed by atoms with Crippen LogP contribution in [0.15, 0.2) is 24.3 Å². The van der Waals surface area contributed by atoms with Crippen molar-refractivity contribution >= 4 is 0 Å². The Hall–Kier alpha value is -0.860. The Morgan fingerprint density at radius 2 is 2.07 bits per heavy atom. The Morgan fingerprint density at radius 3 is 2.71 bits per heavy atom. The molecule has 0 saturated heterocycles. The van der Waals surface area contributed by atoms with Crippen LogP contribution in [0.3, 0.4) is 0 Å². The highest BCUT2D eigenvalue weighted by atomic mass is 16.5. The second-order valence-electron chi connectivity index (χ2n) is 3.68. The van der Waals surface area contributed by atoms with Gasteiger partial charge in [0.15, 0.2) is 0 Å². The van der Waals surface area contributed by atoms with Crippen LogP contribution in [-0.4, -0.2) is 19.8 Å². The Bertz CT molecular complexity index is 273. The molecule has 1 atom stereocenters. The molecule has 78 valence electrons. The van der Waals surface area contributed by atoms with Gasteiger partial charge in [0.05, 0.1) is 6.61 Å². The number of hydrogen-bond acceptors (Lipinski definition) is 2. The van der Waals surface area contributed by atoms with Gasteiger partial charge in [-0.05, 0) is 30.9 Å². The fraction of sp³-hybridized carbons (Fsp3) is 0.500. The Balaban J connectivity index is 2.41. The molecule has 0 radical (unpaired) electrons. The predicted octanol–water partition coefficient (Wildman–Crippen LogP) is 1.90. The van der Waals surface area contributed by atoms with Crippen LogP contribution in [0.5, 0.6) is 0 Å². The molecule has 0 heterocycles. The van der Waals surface area contributed by atoms with Crippen LogP contribution in [0.1, 0.15) is 17.5 Å². The third-order valence-corrected chi connectivity index (χ3v) is 2.43. The summed E-state index contributed by atoms with van der Waals surface area (Å²) in [5.74, 6) is 0. The number of rotatable bonds is 5. The van der Waals surface area contributed by atoms with Crippen LogP contribution in [0, 0.1) is 6.92 Å². The van der Waals surface area contributed by atoms with Crippen molar-refractivity contribution in [1.82, 2.24) is 0 Å². The molecule has 0 aliphatic rings. The first-order valence-electron chi connectivity index (χ1n) is 5.03. The van der Waals surface area contributed by atoms with Crippen LogP contribution in [0.25, 0.3) is 0 Å². The van der Waals surface area contributed by atoms with Crippen LogP contribution in [0.4, 0.5) is 0 Å². The highest BCUT2D eigenvalue weighted by Gasteiger charge is 2.03. The zero-order chi connectivity index (χ0) is 10.4. The number of methoxy groups -OCH3 is 1. The van der Waals surface area contributed by atoms with E-state index in [2.05, 4.69) is 31.2 Å². The molecule has 0 amide bonds. The minimum absolute atomic E-state index is 0.152. The second kappa shape index (κ2) is 5.78. The largest absolute Gasteiger partial charge is 0.383 e. The third-order valence-electron chi connectivity index (χ3n) is 2.43. The quantitative estimate of drug-likeness (QED) is 0.775. The van der Waals surface area contributed by atoms with Gasteiger partial charge in [-0.2, -0.15) is 0 Å². The molecule has 0 spiro atoms. The smallest absolute Gasteiger partial charge is 0.0613 e. The maximum Gasteiger partial charge on any atom is 0.0613 e. The van der Waals surface area contributed by atoms with Crippen molar-refractivity contribution in [3.05, 3.63) is 35.4 Å². The number of ether oxygens (including phenoxy) is 1. The molecule has 0 aliphatic carbocycles. The predicted molar refractivity (Wildman–Crippen MR) is 59.4 cm³/mol. The summed E-state index contributed by atoms with van der Waals surface area (Å²) in [6.07, 6.45) is 2.02. The molecule has 0 saturated carbocycles. The average Bonchev–Trinajstić information content (AvgIpc) is 2.17. The van der Waals surface area contributed by atoms with Gasteiger partial charge in [0.25, 0.3) is 0 Å². The van der Waals surface area contributed by atoms with Gasteiger partial charge in [0.1, 0.15) is 0 Å². The average molecular weight is 193 g/mol. The minimum Gasteiger partial charge on any atom is -0.383 e. The van der Waals surface area contributed by atoms with Crippen molar-refractivity contribution in [2.24, 2.45) is 5.73 Å². The first-order chi connectivity index (χ1) is 6.74. The lowest BCUT2D eigenvalue weighted by Crippen LogP contribution is -2.26. The van der Waals surface area contributed by atoms with E-state index in [0.29, 0.717) is 6.61 Å². The summed E-state index contributed by atoms with van der Waals surface area (Å²) in [6.45, 7) is 2.78. The van der Waals surface area contributed by atoms with Crippen molar-refractivity contribution in [3.8, 4) is 0 Å². The maximum atomic E-state index is 5.86. The number of aryl methyl sites for hydroxylation is 2. The summed E-state index contributed by atoms with van der Waals surface area (Å²) in [6, 6.07) is 8.59. The van der Waals surface area contributed by atoms with Crippen molar-refractivity contribution < 1.29 is 4.74 Å². The molecule has 14 heavy (non-hydrogen) atoms. The summed E-state index contributed by atoms with van der Waals surface area (Å²) >= 11 is 0. The lowest BCUT2D eigenvalue weighted by atomic mass is 10.0. The molecule has 2 N–H and O–H groups in total. The van der Waals surface area contributed by atoms with Crippen molar-refractivity contribution in [2.75, 3.05) is 13.7 Å². The summed E-state index contributed by atoms with van der Waals surface area (Å²) in [5.41, 5.74) is 8.59. The fourth-order valence-electron chi connectivity index (χ4n) is 1.53. The van der Waals surface area contributed by atoms with Crippen LogP contribution < -0.4 is 5.73 Å². The zero-order valence-electron chi connectivity index (χ0n) is 8.99. The minimum atomic E-state index is 0.152. The highest BCUT2D eigenvalue weighted by molar-refractivity contribution is 5.25. The maximum absolute atomic E-state index is 5.86. The molecule has 0 aromatic heterocycles. The fourth-order valence-corrected chi connectivity index (χ4v) is 1.53. The van der Waals surface area contributed by atoms with Crippen LogP contribution in [-0.2, 0) is 11.2 Å². The SMILES string of the molecule is COCC(N)CCc1ccccc1C. The van der Waals surface area contributed by atoms with E-state index >= 15 is 0 Å². The molecule has 2 nitrogen and oxygen atoms in total. The molecule has 1 unspecified atom stereocenters. The van der Waals surface area contributed by atoms with Crippen LogP contribution >= 0.6 is 0 Å². The number of hydrogen-bond donors (Lipinski definition) is 1. The normalized spacial score (nSPS) is 12.8. The Morgan fingerprint density at radius 1 is 1.36 bits per heavy atom. The molecular formula is C12H19NO. The summed E-state index contributed by atoms with van der Waals surface area (Å²) < 4.78 is 5.00. The topological polar surface area (TPSA) is 35.2 Å². The van der Waals surface area contributed by atoms with E-state index in [9.17, 15) is 0 Å². The van der Waals surface area contributed by atoms with Crippen molar-refractivity contribution in [1.29, 1.82) is 0 Å². The Labute approximate surface area is 86.1 Å². The van der Waals surface area contributed by atoms with Gasteiger partial charge in [0.2, 0.25) is 0 Å². The molecule has 0 fully saturated rings. The summed E-state index contributed by atoms with van der Waals surface area (Å²) in [7, 11) is 1.69. The van der Waals surface area contributed by atoms with E-state index in [-0.39, 0.29) is 6.04 Å². The standard InChI is InChI=1S/C12H19NO/c1-10-5-3-4-6-11(10)7-8-12(13)9-14-2/h3-6,12H,7-9,13H2,1-2H3. The Kier molecular flexibility index (Phi) is 4.63. The first kappa shape index (κ1) is 11.2. The van der Waals surface area contributed by atoms with E-state index in [1.807, 2.05) is 0 Å². The van der Waals surface area contributed by atoms with Crippen molar-refractivity contribution in [3.63, 3.8) is 0 Å². The van der Waals surface area contributed by atoms with Crippen LogP contribution in [0.2, 0.25) is 0 Å². The monoisotopic (exact) mass is 193 g/mol. The number of benzene rings is 1. The second-order valence-corrected chi connectivity index (χ2v) is 3.68. The van der Waals surface area contributed by atoms with E-state index in [1.54, 1.807) is 7.11 Å². The third kappa shape index (κ3) is 3.48. The van der Waals surface area contributed by atoms with Gasteiger partial charge in [-0.25, -0.2) is 0 Å². The number of nitrogens with two attached hydrogens (primary N) is 1. The summed E-state index contributed by atoms with van der Waals surface area (Å²) in [5, 5.41) is 0. The molecule has 0 bridgehead atoms. The van der Waals surface area contributed by atoms with E-state index < -0.39 is 0 Å². The molecule has 0 aliphatic heterocycles. The highest BCUT2D eigenvalue weighted by Crippen LogP contribution is 2.10. The lowest BCUT2D eigenvalue weighted by Gasteiger charge is -2.11. The van der Waals surface area contributed by atoms with Gasteiger partial charge in [0, 0.05) is 13.2 Å². The van der Waals surface area contributed by atoms with E-state index in [4.69, 9.17) is 10.5 Å². The van der Waals surface area contributed by atoms with Gasteiger partial charge < -0.3 is 10.5 Å². The molecule has 1 rings (SSSR count). The van der Waals surface area contributed by atoms with Gasteiger partial charge in [-0.15, -0.1) is 0 Å². The van der Waals surface area contributed by atoms with Gasteiger partial charge in [-0.1, -0.05) is 24.3 Å². The molecular weight excluding hydrogens is 174 g/mol. The van der Waals surface area contributed by atoms with Crippen molar-refractivity contribution in [2.45, 2.75) is 25.8 Å². The zero-order valence-corrected chi connectivity index (χ0v) is 8.99. The molecule has 1 aromatic rings. The molecule has 2 heteroatoms.